The molecule has 0 radical (unpaired) electrons. The first-order valence-electron chi connectivity index (χ1n) is 6.21. The molecular weight excluding hydrogens is 220 g/mol. The Kier molecular flexibility index (Phi) is 2.44. The van der Waals surface area contributed by atoms with Crippen LogP contribution in [0.4, 0.5) is 0 Å². The van der Waals surface area contributed by atoms with E-state index in [4.69, 9.17) is 0 Å². The van der Waals surface area contributed by atoms with Crippen LogP contribution < -0.4 is 4.57 Å². The SMILES string of the molecule is Cc1cc(C)c(-[n+]2cc3ccccn3c2)c(C)c1. The second-order valence-electron chi connectivity index (χ2n) is 4.93. The highest BCUT2D eigenvalue weighted by Gasteiger charge is 2.13. The predicted octanol–water partition coefficient (Wildman–Crippen LogP) is 3.14. The monoisotopic (exact) mass is 237 g/mol. The normalized spacial score (nSPS) is 11.1. The molecular formula is C16H17N2+. The summed E-state index contributed by atoms with van der Waals surface area (Å²) in [6.07, 6.45) is 6.37. The number of nitrogens with zero attached hydrogens (tertiary/aromatic N) is 2. The Balaban J connectivity index is 2.26. The maximum Gasteiger partial charge on any atom is 0.254 e. The van der Waals surface area contributed by atoms with E-state index in [0.717, 1.165) is 0 Å². The lowest BCUT2D eigenvalue weighted by Gasteiger charge is -2.06. The average Bonchev–Trinajstić information content (AvgIpc) is 2.70. The third-order valence-electron chi connectivity index (χ3n) is 3.34. The molecule has 0 fully saturated rings. The molecule has 0 N–H and O–H groups in total. The summed E-state index contributed by atoms with van der Waals surface area (Å²) in [6, 6.07) is 10.7. The zero-order valence-corrected chi connectivity index (χ0v) is 11.0. The molecule has 2 aromatic heterocycles. The first kappa shape index (κ1) is 11.0. The zero-order chi connectivity index (χ0) is 12.7. The molecule has 0 saturated heterocycles. The lowest BCUT2D eigenvalue weighted by atomic mass is 10.1. The highest BCUT2D eigenvalue weighted by atomic mass is 15.1. The number of hydrogen-bond acceptors (Lipinski definition) is 0. The van der Waals surface area contributed by atoms with Gasteiger partial charge in [0.05, 0.1) is 6.20 Å². The molecule has 0 aliphatic carbocycles. The van der Waals surface area contributed by atoms with Crippen molar-refractivity contribution < 1.29 is 4.57 Å². The summed E-state index contributed by atoms with van der Waals surface area (Å²) < 4.78 is 4.35. The number of aryl methyl sites for hydroxylation is 3. The summed E-state index contributed by atoms with van der Waals surface area (Å²) in [4.78, 5) is 0. The van der Waals surface area contributed by atoms with Gasteiger partial charge in [-0.15, -0.1) is 0 Å². The highest BCUT2D eigenvalue weighted by molar-refractivity contribution is 5.46. The fourth-order valence-electron chi connectivity index (χ4n) is 2.70. The van der Waals surface area contributed by atoms with E-state index in [9.17, 15) is 0 Å². The third-order valence-corrected chi connectivity index (χ3v) is 3.34. The molecule has 0 amide bonds. The zero-order valence-electron chi connectivity index (χ0n) is 11.0. The summed E-state index contributed by atoms with van der Waals surface area (Å²) in [5.74, 6) is 0. The van der Waals surface area contributed by atoms with Crippen LogP contribution in [0.2, 0.25) is 0 Å². The number of imidazole rings is 1. The van der Waals surface area contributed by atoms with Crippen LogP contribution in [0.15, 0.2) is 49.1 Å². The van der Waals surface area contributed by atoms with Gasteiger partial charge in [0.15, 0.2) is 5.52 Å². The largest absolute Gasteiger partial charge is 0.254 e. The molecule has 0 saturated carbocycles. The van der Waals surface area contributed by atoms with Gasteiger partial charge in [0, 0.05) is 0 Å². The van der Waals surface area contributed by atoms with Crippen molar-refractivity contribution in [2.75, 3.05) is 0 Å². The minimum absolute atomic E-state index is 1.21. The lowest BCUT2D eigenvalue weighted by molar-refractivity contribution is -0.594. The van der Waals surface area contributed by atoms with E-state index in [2.05, 4.69) is 72.7 Å². The Bertz CT molecular complexity index is 667. The molecule has 2 nitrogen and oxygen atoms in total. The van der Waals surface area contributed by atoms with Crippen molar-refractivity contribution >= 4 is 5.52 Å². The maximum atomic E-state index is 2.23. The summed E-state index contributed by atoms with van der Waals surface area (Å²) >= 11 is 0. The molecule has 0 spiro atoms. The van der Waals surface area contributed by atoms with Gasteiger partial charge in [0.25, 0.3) is 6.33 Å². The summed E-state index contributed by atoms with van der Waals surface area (Å²) in [6.45, 7) is 6.49. The lowest BCUT2D eigenvalue weighted by Crippen LogP contribution is -2.29. The molecule has 0 atom stereocenters. The average molecular weight is 237 g/mol. The maximum absolute atomic E-state index is 2.23. The van der Waals surface area contributed by atoms with Gasteiger partial charge in [-0.2, -0.15) is 0 Å². The molecule has 2 heterocycles. The molecule has 2 heteroatoms. The minimum atomic E-state index is 1.21. The topological polar surface area (TPSA) is 8.29 Å². The van der Waals surface area contributed by atoms with Crippen LogP contribution in [0.1, 0.15) is 16.7 Å². The van der Waals surface area contributed by atoms with Crippen molar-refractivity contribution in [3.63, 3.8) is 0 Å². The Labute approximate surface area is 107 Å². The van der Waals surface area contributed by atoms with Crippen molar-refractivity contribution in [2.45, 2.75) is 20.8 Å². The van der Waals surface area contributed by atoms with Crippen molar-refractivity contribution in [1.29, 1.82) is 0 Å². The fourth-order valence-corrected chi connectivity index (χ4v) is 2.70. The Morgan fingerprint density at radius 1 is 1.00 bits per heavy atom. The minimum Gasteiger partial charge on any atom is -0.202 e. The second-order valence-corrected chi connectivity index (χ2v) is 4.93. The molecule has 0 bridgehead atoms. The Morgan fingerprint density at radius 2 is 1.72 bits per heavy atom. The quantitative estimate of drug-likeness (QED) is 0.575. The van der Waals surface area contributed by atoms with Crippen LogP contribution >= 0.6 is 0 Å². The number of pyridine rings is 1. The number of hydrogen-bond donors (Lipinski definition) is 0. The van der Waals surface area contributed by atoms with Gasteiger partial charge in [-0.05, 0) is 44.0 Å². The van der Waals surface area contributed by atoms with E-state index >= 15 is 0 Å². The number of aromatic nitrogens is 2. The van der Waals surface area contributed by atoms with Gasteiger partial charge in [0.1, 0.15) is 11.9 Å². The third kappa shape index (κ3) is 1.70. The van der Waals surface area contributed by atoms with E-state index in [-0.39, 0.29) is 0 Å². The van der Waals surface area contributed by atoms with Gasteiger partial charge >= 0.3 is 0 Å². The Hall–Kier alpha value is -2.09. The first-order valence-corrected chi connectivity index (χ1v) is 6.21. The van der Waals surface area contributed by atoms with Crippen LogP contribution in [-0.4, -0.2) is 4.40 Å². The molecule has 18 heavy (non-hydrogen) atoms. The van der Waals surface area contributed by atoms with Crippen LogP contribution in [0.3, 0.4) is 0 Å². The van der Waals surface area contributed by atoms with Crippen molar-refractivity contribution in [3.8, 4) is 5.69 Å². The van der Waals surface area contributed by atoms with Crippen LogP contribution in [0, 0.1) is 20.8 Å². The van der Waals surface area contributed by atoms with Crippen molar-refractivity contribution in [1.82, 2.24) is 4.40 Å². The van der Waals surface area contributed by atoms with Crippen molar-refractivity contribution in [3.05, 3.63) is 65.7 Å². The fraction of sp³-hybridized carbons (Fsp3) is 0.188. The van der Waals surface area contributed by atoms with E-state index in [1.165, 1.54) is 27.9 Å². The molecule has 90 valence electrons. The van der Waals surface area contributed by atoms with Gasteiger partial charge < -0.3 is 0 Å². The van der Waals surface area contributed by atoms with Crippen LogP contribution in [-0.2, 0) is 0 Å². The van der Waals surface area contributed by atoms with E-state index in [0.29, 0.717) is 0 Å². The van der Waals surface area contributed by atoms with Gasteiger partial charge in [-0.3, -0.25) is 0 Å². The molecule has 0 unspecified atom stereocenters. The number of rotatable bonds is 1. The number of benzene rings is 1. The molecule has 3 aromatic rings. The summed E-state index contributed by atoms with van der Waals surface area (Å²) in [5, 5.41) is 0. The standard InChI is InChI=1S/C16H17N2/c1-12-8-13(2)16(14(3)9-12)18-10-15-6-4-5-7-17(15)11-18/h4-11H,1-3H3/q+1. The van der Waals surface area contributed by atoms with Gasteiger partial charge in [-0.25, -0.2) is 8.97 Å². The number of fused-ring (bicyclic) bond motifs is 1. The van der Waals surface area contributed by atoms with Gasteiger partial charge in [-0.1, -0.05) is 23.8 Å². The van der Waals surface area contributed by atoms with Crippen molar-refractivity contribution in [2.24, 2.45) is 0 Å². The molecule has 0 aliphatic rings. The smallest absolute Gasteiger partial charge is 0.202 e. The van der Waals surface area contributed by atoms with Crippen LogP contribution in [0.25, 0.3) is 11.2 Å². The first-order chi connectivity index (χ1) is 8.65. The summed E-state index contributed by atoms with van der Waals surface area (Å²) in [5.41, 5.74) is 6.43. The molecule has 1 aromatic carbocycles. The highest BCUT2D eigenvalue weighted by Crippen LogP contribution is 2.16. The second kappa shape index (κ2) is 3.98. The van der Waals surface area contributed by atoms with E-state index in [1.807, 2.05) is 6.07 Å². The molecule has 3 rings (SSSR count). The van der Waals surface area contributed by atoms with Gasteiger partial charge in [0.2, 0.25) is 0 Å². The Morgan fingerprint density at radius 3 is 2.39 bits per heavy atom. The van der Waals surface area contributed by atoms with E-state index in [1.54, 1.807) is 0 Å². The van der Waals surface area contributed by atoms with Crippen LogP contribution in [0.5, 0.6) is 0 Å². The van der Waals surface area contributed by atoms with E-state index < -0.39 is 0 Å². The molecule has 0 aliphatic heterocycles. The predicted molar refractivity (Wildman–Crippen MR) is 73.1 cm³/mol. The summed E-state index contributed by atoms with van der Waals surface area (Å²) in [7, 11) is 0.